The molecule has 0 spiro atoms. The molecule has 11 heteroatoms. The van der Waals surface area contributed by atoms with Crippen molar-refractivity contribution in [3.63, 3.8) is 0 Å². The van der Waals surface area contributed by atoms with Gasteiger partial charge in [-0.15, -0.1) is 13.2 Å². The number of carbonyl (C=O) groups is 2. The molecule has 2 fully saturated rings. The molecular weight excluding hydrogens is 449 g/mol. The van der Waals surface area contributed by atoms with Gasteiger partial charge in [-0.25, -0.2) is 9.78 Å². The van der Waals surface area contributed by atoms with E-state index in [4.69, 9.17) is 11.6 Å². The van der Waals surface area contributed by atoms with Crippen molar-refractivity contribution in [1.82, 2.24) is 15.2 Å². The van der Waals surface area contributed by atoms with Crippen LogP contribution in [0.4, 0.5) is 23.8 Å². The van der Waals surface area contributed by atoms with E-state index in [1.807, 2.05) is 6.07 Å². The standard InChI is InChI=1S/C21H22ClF3N4O3/c22-14-2-3-17-13(9-14)1-4-18(27-17)28-20(31)29-7-5-12(6-8-29)19(30)26-15-10-16(11-15)32-21(23,24)25/h1-4,9,12,15-16H,5-8,10-11H2,(H,26,30)(H,27,28,31)/t15-,16+. The second kappa shape index (κ2) is 9.11. The van der Waals surface area contributed by atoms with E-state index in [1.54, 1.807) is 29.2 Å². The monoisotopic (exact) mass is 470 g/mol. The summed E-state index contributed by atoms with van der Waals surface area (Å²) in [4.78, 5) is 31.0. The molecule has 2 aromatic rings. The highest BCUT2D eigenvalue weighted by atomic mass is 35.5. The van der Waals surface area contributed by atoms with E-state index in [-0.39, 0.29) is 36.7 Å². The normalized spacial score (nSPS) is 21.8. The average molecular weight is 471 g/mol. The lowest BCUT2D eigenvalue weighted by atomic mass is 9.88. The highest BCUT2D eigenvalue weighted by Crippen LogP contribution is 2.31. The first kappa shape index (κ1) is 22.6. The van der Waals surface area contributed by atoms with Gasteiger partial charge >= 0.3 is 12.4 Å². The zero-order valence-corrected chi connectivity index (χ0v) is 17.7. The van der Waals surface area contributed by atoms with Crippen molar-refractivity contribution in [3.8, 4) is 0 Å². The number of rotatable bonds is 4. The lowest BCUT2D eigenvalue weighted by molar-refractivity contribution is -0.351. The summed E-state index contributed by atoms with van der Waals surface area (Å²) in [7, 11) is 0. The van der Waals surface area contributed by atoms with E-state index in [9.17, 15) is 22.8 Å². The van der Waals surface area contributed by atoms with E-state index < -0.39 is 12.5 Å². The molecule has 1 saturated heterocycles. The summed E-state index contributed by atoms with van der Waals surface area (Å²) >= 11 is 5.97. The van der Waals surface area contributed by atoms with Gasteiger partial charge in [-0.2, -0.15) is 0 Å². The number of nitrogens with one attached hydrogen (secondary N) is 2. The summed E-state index contributed by atoms with van der Waals surface area (Å²) in [5.74, 6) is -0.0362. The molecule has 4 rings (SSSR count). The first-order chi connectivity index (χ1) is 15.2. The number of piperidine rings is 1. The number of ether oxygens (including phenoxy) is 1. The molecule has 1 aromatic heterocycles. The molecule has 0 bridgehead atoms. The summed E-state index contributed by atoms with van der Waals surface area (Å²) < 4.78 is 40.5. The highest BCUT2D eigenvalue weighted by Gasteiger charge is 2.41. The van der Waals surface area contributed by atoms with Gasteiger partial charge in [0.25, 0.3) is 0 Å². The summed E-state index contributed by atoms with van der Waals surface area (Å²) in [6.45, 7) is 0.801. The lowest BCUT2D eigenvalue weighted by Gasteiger charge is -2.37. The molecule has 3 amide bonds. The van der Waals surface area contributed by atoms with Crippen LogP contribution in [0.2, 0.25) is 5.02 Å². The molecule has 2 N–H and O–H groups in total. The number of urea groups is 1. The SMILES string of the molecule is O=C(N[C@H]1C[C@@H](OC(F)(F)F)C1)C1CCN(C(=O)Nc2ccc3cc(Cl)ccc3n2)CC1. The van der Waals surface area contributed by atoms with Crippen molar-refractivity contribution in [2.24, 2.45) is 5.92 Å². The van der Waals surface area contributed by atoms with Crippen molar-refractivity contribution in [1.29, 1.82) is 0 Å². The van der Waals surface area contributed by atoms with Crippen LogP contribution in [0.3, 0.4) is 0 Å². The van der Waals surface area contributed by atoms with E-state index in [2.05, 4.69) is 20.4 Å². The van der Waals surface area contributed by atoms with E-state index in [0.717, 1.165) is 5.39 Å². The van der Waals surface area contributed by atoms with E-state index >= 15 is 0 Å². The van der Waals surface area contributed by atoms with Crippen molar-refractivity contribution in [2.75, 3.05) is 18.4 Å². The number of halogens is 4. The predicted molar refractivity (Wildman–Crippen MR) is 112 cm³/mol. The summed E-state index contributed by atoms with van der Waals surface area (Å²) in [6, 6.07) is 8.22. The van der Waals surface area contributed by atoms with Gasteiger partial charge in [-0.05, 0) is 56.0 Å². The number of fused-ring (bicyclic) bond motifs is 1. The molecule has 1 aliphatic carbocycles. The fraction of sp³-hybridized carbons (Fsp3) is 0.476. The lowest BCUT2D eigenvalue weighted by Crippen LogP contribution is -2.52. The Morgan fingerprint density at radius 3 is 2.53 bits per heavy atom. The van der Waals surface area contributed by atoms with Gasteiger partial charge in [0.15, 0.2) is 0 Å². The highest BCUT2D eigenvalue weighted by molar-refractivity contribution is 6.31. The smallest absolute Gasteiger partial charge is 0.353 e. The first-order valence-electron chi connectivity index (χ1n) is 10.3. The fourth-order valence-corrected chi connectivity index (χ4v) is 4.17. The molecule has 0 atom stereocenters. The molecule has 0 unspecified atom stereocenters. The van der Waals surface area contributed by atoms with Crippen molar-refractivity contribution < 1.29 is 27.5 Å². The second-order valence-electron chi connectivity index (χ2n) is 8.09. The second-order valence-corrected chi connectivity index (χ2v) is 8.52. The molecule has 172 valence electrons. The minimum atomic E-state index is -4.65. The van der Waals surface area contributed by atoms with Crippen LogP contribution in [0.5, 0.6) is 0 Å². The number of amides is 3. The Labute approximate surface area is 187 Å². The third kappa shape index (κ3) is 5.60. The van der Waals surface area contributed by atoms with Crippen LogP contribution < -0.4 is 10.6 Å². The van der Waals surface area contributed by atoms with Crippen molar-refractivity contribution in [2.45, 2.75) is 44.2 Å². The maximum Gasteiger partial charge on any atom is 0.522 e. The number of anilines is 1. The van der Waals surface area contributed by atoms with Gasteiger partial charge in [0.05, 0.1) is 11.6 Å². The average Bonchev–Trinajstić information content (AvgIpc) is 2.71. The largest absolute Gasteiger partial charge is 0.522 e. The molecule has 7 nitrogen and oxygen atoms in total. The Morgan fingerprint density at radius 1 is 1.12 bits per heavy atom. The molecule has 1 saturated carbocycles. The summed E-state index contributed by atoms with van der Waals surface area (Å²) in [5.41, 5.74) is 0.710. The van der Waals surface area contributed by atoms with Crippen LogP contribution in [-0.4, -0.2) is 53.4 Å². The van der Waals surface area contributed by atoms with Crippen LogP contribution in [0.15, 0.2) is 30.3 Å². The van der Waals surface area contributed by atoms with E-state index in [0.29, 0.717) is 42.3 Å². The van der Waals surface area contributed by atoms with Gasteiger partial charge in [0, 0.05) is 35.5 Å². The fourth-order valence-electron chi connectivity index (χ4n) is 3.99. The Bertz CT molecular complexity index is 1010. The van der Waals surface area contributed by atoms with Crippen LogP contribution >= 0.6 is 11.6 Å². The van der Waals surface area contributed by atoms with E-state index in [1.165, 1.54) is 0 Å². The number of nitrogens with zero attached hydrogens (tertiary/aromatic N) is 2. The predicted octanol–water partition coefficient (Wildman–Crippen LogP) is 4.32. The Balaban J connectivity index is 1.22. The number of likely N-dealkylation sites (tertiary alicyclic amines) is 1. The maximum atomic E-state index is 12.6. The first-order valence-corrected chi connectivity index (χ1v) is 10.7. The van der Waals surface area contributed by atoms with Gasteiger partial charge in [-0.1, -0.05) is 11.6 Å². The quantitative estimate of drug-likeness (QED) is 0.697. The molecule has 2 heterocycles. The number of carbonyl (C=O) groups excluding carboxylic acids is 2. The summed E-state index contributed by atoms with van der Waals surface area (Å²) in [5, 5.41) is 7.03. The zero-order valence-electron chi connectivity index (χ0n) is 17.0. The third-order valence-electron chi connectivity index (χ3n) is 5.78. The minimum absolute atomic E-state index is 0.150. The van der Waals surface area contributed by atoms with Gasteiger partial charge in [0.2, 0.25) is 5.91 Å². The third-order valence-corrected chi connectivity index (χ3v) is 6.02. The Hall–Kier alpha value is -2.59. The van der Waals surface area contributed by atoms with Crippen molar-refractivity contribution >= 4 is 40.3 Å². The van der Waals surface area contributed by atoms with Gasteiger partial charge in [-0.3, -0.25) is 14.8 Å². The number of benzene rings is 1. The maximum absolute atomic E-state index is 12.6. The number of hydrogen-bond acceptors (Lipinski definition) is 4. The zero-order chi connectivity index (χ0) is 22.9. The summed E-state index contributed by atoms with van der Waals surface area (Å²) in [6.07, 6.45) is -4.28. The van der Waals surface area contributed by atoms with Gasteiger partial charge in [0.1, 0.15) is 5.82 Å². The molecule has 0 radical (unpaired) electrons. The van der Waals surface area contributed by atoms with Crippen molar-refractivity contribution in [3.05, 3.63) is 35.4 Å². The number of aromatic nitrogens is 1. The van der Waals surface area contributed by atoms with Crippen LogP contribution in [0.25, 0.3) is 10.9 Å². The number of pyridine rings is 1. The number of hydrogen-bond donors (Lipinski definition) is 2. The Morgan fingerprint density at radius 2 is 1.84 bits per heavy atom. The van der Waals surface area contributed by atoms with Crippen LogP contribution in [0.1, 0.15) is 25.7 Å². The molecular formula is C21H22ClF3N4O3. The Kier molecular flexibility index (Phi) is 6.43. The molecule has 32 heavy (non-hydrogen) atoms. The molecule has 1 aromatic carbocycles. The van der Waals surface area contributed by atoms with Crippen LogP contribution in [-0.2, 0) is 9.53 Å². The molecule has 1 aliphatic heterocycles. The van der Waals surface area contributed by atoms with Gasteiger partial charge < -0.3 is 10.2 Å². The van der Waals surface area contributed by atoms with Crippen LogP contribution in [0, 0.1) is 5.92 Å². The topological polar surface area (TPSA) is 83.6 Å². The molecule has 2 aliphatic rings. The minimum Gasteiger partial charge on any atom is -0.353 e. The number of alkyl halides is 3.